The number of amides is 1. The van der Waals surface area contributed by atoms with Gasteiger partial charge in [0, 0.05) is 13.1 Å². The van der Waals surface area contributed by atoms with Crippen LogP contribution in [0.15, 0.2) is 36.7 Å². The SMILES string of the molecule is O=C(Nc1cnn2c1NCCC2)c1cnc2ccccc2n1. The molecule has 2 aromatic heterocycles. The van der Waals surface area contributed by atoms with Crippen molar-refractivity contribution in [1.29, 1.82) is 0 Å². The maximum Gasteiger partial charge on any atom is 0.276 e. The fourth-order valence-corrected chi connectivity index (χ4v) is 2.52. The average Bonchev–Trinajstić information content (AvgIpc) is 2.97. The molecule has 22 heavy (non-hydrogen) atoms. The van der Waals surface area contributed by atoms with Crippen molar-refractivity contribution in [3.8, 4) is 0 Å². The van der Waals surface area contributed by atoms with Crippen LogP contribution in [0.4, 0.5) is 11.5 Å². The second kappa shape index (κ2) is 5.10. The number of aromatic nitrogens is 4. The van der Waals surface area contributed by atoms with Gasteiger partial charge < -0.3 is 10.6 Å². The van der Waals surface area contributed by atoms with Crippen LogP contribution in [-0.4, -0.2) is 32.2 Å². The van der Waals surface area contributed by atoms with E-state index in [0.717, 1.165) is 30.8 Å². The molecule has 7 nitrogen and oxygen atoms in total. The molecular weight excluding hydrogens is 280 g/mol. The van der Waals surface area contributed by atoms with Gasteiger partial charge in [-0.3, -0.25) is 9.78 Å². The summed E-state index contributed by atoms with van der Waals surface area (Å²) in [7, 11) is 0. The van der Waals surface area contributed by atoms with Gasteiger partial charge in [-0.25, -0.2) is 9.67 Å². The Hall–Kier alpha value is -2.96. The summed E-state index contributed by atoms with van der Waals surface area (Å²) in [6.07, 6.45) is 4.17. The molecule has 0 bridgehead atoms. The highest BCUT2D eigenvalue weighted by Gasteiger charge is 2.17. The van der Waals surface area contributed by atoms with E-state index in [1.165, 1.54) is 6.20 Å². The number of para-hydroxylation sites is 2. The molecule has 1 aliphatic rings. The van der Waals surface area contributed by atoms with Crippen LogP contribution >= 0.6 is 0 Å². The lowest BCUT2D eigenvalue weighted by atomic mass is 10.3. The van der Waals surface area contributed by atoms with E-state index < -0.39 is 0 Å². The van der Waals surface area contributed by atoms with Gasteiger partial charge in [0.2, 0.25) is 0 Å². The monoisotopic (exact) mass is 294 g/mol. The highest BCUT2D eigenvalue weighted by atomic mass is 16.1. The van der Waals surface area contributed by atoms with E-state index >= 15 is 0 Å². The predicted molar refractivity (Wildman–Crippen MR) is 82.8 cm³/mol. The molecule has 0 saturated heterocycles. The third-order valence-electron chi connectivity index (χ3n) is 3.61. The number of nitrogens with zero attached hydrogens (tertiary/aromatic N) is 4. The molecule has 0 aliphatic carbocycles. The van der Waals surface area contributed by atoms with Crippen LogP contribution < -0.4 is 10.6 Å². The van der Waals surface area contributed by atoms with E-state index in [4.69, 9.17) is 0 Å². The quantitative estimate of drug-likeness (QED) is 0.754. The van der Waals surface area contributed by atoms with Gasteiger partial charge in [0.25, 0.3) is 5.91 Å². The van der Waals surface area contributed by atoms with Crippen molar-refractivity contribution in [3.63, 3.8) is 0 Å². The molecule has 1 aliphatic heterocycles. The minimum Gasteiger partial charge on any atom is -0.368 e. The normalized spacial score (nSPS) is 13.5. The Balaban J connectivity index is 1.62. The van der Waals surface area contributed by atoms with Crippen LogP contribution in [0.2, 0.25) is 0 Å². The number of nitrogens with one attached hydrogen (secondary N) is 2. The number of benzene rings is 1. The minimum atomic E-state index is -0.290. The largest absolute Gasteiger partial charge is 0.368 e. The molecule has 0 fully saturated rings. The molecule has 0 spiro atoms. The molecule has 3 aromatic rings. The van der Waals surface area contributed by atoms with Crippen LogP contribution in [0, 0.1) is 0 Å². The number of aryl methyl sites for hydroxylation is 1. The van der Waals surface area contributed by atoms with Crippen molar-refractivity contribution in [2.45, 2.75) is 13.0 Å². The second-order valence-corrected chi connectivity index (χ2v) is 5.11. The fourth-order valence-electron chi connectivity index (χ4n) is 2.52. The van der Waals surface area contributed by atoms with Crippen LogP contribution in [-0.2, 0) is 6.54 Å². The van der Waals surface area contributed by atoms with E-state index in [0.29, 0.717) is 11.2 Å². The van der Waals surface area contributed by atoms with Gasteiger partial charge in [-0.2, -0.15) is 5.10 Å². The Labute approximate surface area is 126 Å². The topological polar surface area (TPSA) is 84.7 Å². The number of hydrogen-bond donors (Lipinski definition) is 2. The molecule has 4 rings (SSSR count). The lowest BCUT2D eigenvalue weighted by Crippen LogP contribution is -2.20. The maximum atomic E-state index is 12.4. The van der Waals surface area contributed by atoms with Crippen LogP contribution in [0.25, 0.3) is 11.0 Å². The molecule has 110 valence electrons. The first-order valence-electron chi connectivity index (χ1n) is 7.14. The predicted octanol–water partition coefficient (Wildman–Crippen LogP) is 1.89. The molecule has 0 saturated carbocycles. The lowest BCUT2D eigenvalue weighted by Gasteiger charge is -2.16. The van der Waals surface area contributed by atoms with Crippen molar-refractivity contribution in [1.82, 2.24) is 19.7 Å². The second-order valence-electron chi connectivity index (χ2n) is 5.11. The first kappa shape index (κ1) is 12.8. The summed E-state index contributed by atoms with van der Waals surface area (Å²) in [5.74, 6) is 0.551. The molecule has 2 N–H and O–H groups in total. The molecule has 0 unspecified atom stereocenters. The van der Waals surface area contributed by atoms with Gasteiger partial charge in [-0.1, -0.05) is 12.1 Å². The molecule has 3 heterocycles. The number of carbonyl (C=O) groups excluding carboxylic acids is 1. The number of fused-ring (bicyclic) bond motifs is 2. The average molecular weight is 294 g/mol. The molecular formula is C15H14N6O. The van der Waals surface area contributed by atoms with Gasteiger partial charge in [-0.15, -0.1) is 0 Å². The summed E-state index contributed by atoms with van der Waals surface area (Å²) in [6.45, 7) is 1.73. The fraction of sp³-hybridized carbons (Fsp3) is 0.200. The summed E-state index contributed by atoms with van der Waals surface area (Å²) in [5, 5.41) is 10.3. The summed E-state index contributed by atoms with van der Waals surface area (Å²) in [6, 6.07) is 7.46. The third kappa shape index (κ3) is 2.16. The van der Waals surface area contributed by atoms with E-state index in [1.54, 1.807) is 6.20 Å². The summed E-state index contributed by atoms with van der Waals surface area (Å²) in [4.78, 5) is 21.0. The van der Waals surface area contributed by atoms with Crippen molar-refractivity contribution < 1.29 is 4.79 Å². The zero-order valence-electron chi connectivity index (χ0n) is 11.8. The van der Waals surface area contributed by atoms with Gasteiger partial charge in [0.15, 0.2) is 0 Å². The Morgan fingerprint density at radius 1 is 1.23 bits per heavy atom. The summed E-state index contributed by atoms with van der Waals surface area (Å²) in [5.41, 5.74) is 2.42. The zero-order chi connectivity index (χ0) is 14.9. The Kier molecular flexibility index (Phi) is 2.96. The summed E-state index contributed by atoms with van der Waals surface area (Å²) < 4.78 is 1.85. The van der Waals surface area contributed by atoms with Crippen molar-refractivity contribution in [3.05, 3.63) is 42.4 Å². The lowest BCUT2D eigenvalue weighted by molar-refractivity contribution is 0.102. The number of hydrogen-bond acceptors (Lipinski definition) is 5. The number of rotatable bonds is 2. The Morgan fingerprint density at radius 2 is 2.09 bits per heavy atom. The van der Waals surface area contributed by atoms with E-state index in [2.05, 4.69) is 25.7 Å². The van der Waals surface area contributed by atoms with Crippen molar-refractivity contribution in [2.24, 2.45) is 0 Å². The Bertz CT molecular complexity index is 856. The maximum absolute atomic E-state index is 12.4. The minimum absolute atomic E-state index is 0.287. The first-order chi connectivity index (χ1) is 10.8. The molecule has 0 radical (unpaired) electrons. The highest BCUT2D eigenvalue weighted by Crippen LogP contribution is 2.24. The van der Waals surface area contributed by atoms with Crippen molar-refractivity contribution >= 4 is 28.4 Å². The van der Waals surface area contributed by atoms with E-state index in [1.807, 2.05) is 28.9 Å². The Morgan fingerprint density at radius 3 is 3.00 bits per heavy atom. The third-order valence-corrected chi connectivity index (χ3v) is 3.61. The summed E-state index contributed by atoms with van der Waals surface area (Å²) >= 11 is 0. The first-order valence-corrected chi connectivity index (χ1v) is 7.14. The standard InChI is InChI=1S/C15H14N6O/c22-15(13-8-17-10-4-1-2-5-11(10)19-13)20-12-9-18-21-7-3-6-16-14(12)21/h1-2,4-5,8-9,16H,3,6-7H2,(H,20,22). The van der Waals surface area contributed by atoms with Crippen molar-refractivity contribution in [2.75, 3.05) is 17.2 Å². The number of carbonyl (C=O) groups is 1. The van der Waals surface area contributed by atoms with Gasteiger partial charge >= 0.3 is 0 Å². The number of anilines is 2. The smallest absolute Gasteiger partial charge is 0.276 e. The molecule has 1 aromatic carbocycles. The van der Waals surface area contributed by atoms with Gasteiger partial charge in [0.05, 0.1) is 23.4 Å². The van der Waals surface area contributed by atoms with Gasteiger partial charge in [0.1, 0.15) is 17.2 Å². The molecule has 1 amide bonds. The van der Waals surface area contributed by atoms with Crippen LogP contribution in [0.3, 0.4) is 0 Å². The molecule has 0 atom stereocenters. The highest BCUT2D eigenvalue weighted by molar-refractivity contribution is 6.04. The van der Waals surface area contributed by atoms with E-state index in [9.17, 15) is 4.79 Å². The van der Waals surface area contributed by atoms with Gasteiger partial charge in [-0.05, 0) is 18.6 Å². The zero-order valence-corrected chi connectivity index (χ0v) is 11.8. The molecule has 7 heteroatoms. The van der Waals surface area contributed by atoms with Crippen LogP contribution in [0.1, 0.15) is 16.9 Å². The van der Waals surface area contributed by atoms with Crippen LogP contribution in [0.5, 0.6) is 0 Å². The van der Waals surface area contributed by atoms with E-state index in [-0.39, 0.29) is 11.6 Å².